The molecule has 0 bridgehead atoms. The number of hydrogen-bond acceptors (Lipinski definition) is 5. The molecule has 1 N–H and O–H groups in total. The highest BCUT2D eigenvalue weighted by molar-refractivity contribution is 6.32. The maximum Gasteiger partial charge on any atom is 0.416 e. The van der Waals surface area contributed by atoms with E-state index in [1.807, 2.05) is 34.6 Å². The fraction of sp³-hybridized carbons (Fsp3) is 0.647. The van der Waals surface area contributed by atoms with E-state index in [0.29, 0.717) is 29.5 Å². The number of ether oxygens (including phenoxy) is 1. The van der Waals surface area contributed by atoms with Gasteiger partial charge in [-0.3, -0.25) is 4.79 Å². The quantitative estimate of drug-likeness (QED) is 0.307. The van der Waals surface area contributed by atoms with Crippen LogP contribution in [0.1, 0.15) is 91.2 Å². The molecule has 3 unspecified atom stereocenters. The van der Waals surface area contributed by atoms with Gasteiger partial charge in [0.15, 0.2) is 0 Å². The van der Waals surface area contributed by atoms with Crippen LogP contribution in [0.25, 0.3) is 0 Å². The average Bonchev–Trinajstić information content (AvgIpc) is 3.97. The van der Waals surface area contributed by atoms with Gasteiger partial charge in [0, 0.05) is 36.8 Å². The number of halogens is 4. The number of rotatable bonds is 7. The second-order valence-electron chi connectivity index (χ2n) is 11.5. The van der Waals surface area contributed by atoms with Crippen molar-refractivity contribution in [1.82, 2.24) is 9.78 Å². The molecule has 6 rings (SSSR count). The van der Waals surface area contributed by atoms with Gasteiger partial charge in [-0.25, -0.2) is 4.68 Å². The molecule has 246 valence electrons. The van der Waals surface area contributed by atoms with E-state index in [9.17, 15) is 18.0 Å². The smallest absolute Gasteiger partial charge is 0.382 e. The third kappa shape index (κ3) is 9.03. The first-order valence-electron chi connectivity index (χ1n) is 16.3. The molecular weight excluding hydrogens is 589 g/mol. The number of nitrogens with zero attached hydrogens (tertiary/aromatic N) is 3. The molecule has 1 saturated heterocycles. The van der Waals surface area contributed by atoms with Gasteiger partial charge in [0.25, 0.3) is 5.56 Å². The minimum atomic E-state index is -4.34. The topological polar surface area (TPSA) is 59.4 Å². The highest BCUT2D eigenvalue weighted by Gasteiger charge is 2.46. The molecule has 1 aliphatic heterocycles. The Morgan fingerprint density at radius 1 is 1.05 bits per heavy atom. The van der Waals surface area contributed by atoms with Gasteiger partial charge >= 0.3 is 6.18 Å². The largest absolute Gasteiger partial charge is 0.416 e. The van der Waals surface area contributed by atoms with Crippen LogP contribution in [0.4, 0.5) is 24.5 Å². The number of nitrogens with one attached hydrogen (secondary N) is 1. The highest BCUT2D eigenvalue weighted by atomic mass is 35.5. The average molecular weight is 639 g/mol. The van der Waals surface area contributed by atoms with Crippen LogP contribution in [-0.2, 0) is 10.9 Å². The Balaban J connectivity index is 0.000000701. The molecular formula is C34H50ClF3N4O2. The van der Waals surface area contributed by atoms with Crippen LogP contribution in [0.5, 0.6) is 0 Å². The molecule has 3 saturated carbocycles. The van der Waals surface area contributed by atoms with Crippen molar-refractivity contribution >= 4 is 23.0 Å². The SMILES string of the molecule is C=CC.CC.CC.O=c1c(Cl)c(NCC2COCC3CC23)cnn1C1CCC(N(c2ccc(C(F)(F)F)cc2)C2CC2)CC1. The molecule has 0 radical (unpaired) electrons. The molecule has 3 atom stereocenters. The van der Waals surface area contributed by atoms with Crippen LogP contribution in [-0.4, -0.2) is 41.6 Å². The normalized spacial score (nSPS) is 25.3. The van der Waals surface area contributed by atoms with Crippen molar-refractivity contribution in [3.05, 3.63) is 64.1 Å². The molecule has 2 heterocycles. The number of benzene rings is 1. The first-order chi connectivity index (χ1) is 21.2. The summed E-state index contributed by atoms with van der Waals surface area (Å²) in [6.07, 6.45) is 5.64. The third-order valence-electron chi connectivity index (χ3n) is 8.58. The predicted molar refractivity (Wildman–Crippen MR) is 175 cm³/mol. The Morgan fingerprint density at radius 2 is 1.61 bits per heavy atom. The van der Waals surface area contributed by atoms with Crippen molar-refractivity contribution in [2.45, 2.75) is 104 Å². The van der Waals surface area contributed by atoms with E-state index in [1.54, 1.807) is 24.4 Å². The van der Waals surface area contributed by atoms with E-state index in [-0.39, 0.29) is 22.7 Å². The highest BCUT2D eigenvalue weighted by Crippen LogP contribution is 2.47. The zero-order valence-corrected chi connectivity index (χ0v) is 27.6. The Labute approximate surface area is 266 Å². The van der Waals surface area contributed by atoms with E-state index in [0.717, 1.165) is 64.0 Å². The van der Waals surface area contributed by atoms with Crippen molar-refractivity contribution in [2.75, 3.05) is 30.0 Å². The van der Waals surface area contributed by atoms with Crippen LogP contribution in [0.3, 0.4) is 0 Å². The predicted octanol–water partition coefficient (Wildman–Crippen LogP) is 9.01. The minimum Gasteiger partial charge on any atom is -0.382 e. The van der Waals surface area contributed by atoms with Gasteiger partial charge < -0.3 is 15.0 Å². The minimum absolute atomic E-state index is 0.0390. The van der Waals surface area contributed by atoms with Crippen molar-refractivity contribution in [3.63, 3.8) is 0 Å². The summed E-state index contributed by atoms with van der Waals surface area (Å²) in [5.74, 6) is 1.83. The van der Waals surface area contributed by atoms with E-state index < -0.39 is 11.7 Å². The lowest BCUT2D eigenvalue weighted by atomic mass is 9.89. The fourth-order valence-corrected chi connectivity index (χ4v) is 6.49. The van der Waals surface area contributed by atoms with E-state index in [1.165, 1.54) is 23.2 Å². The Kier molecular flexibility index (Phi) is 13.6. The molecule has 4 fully saturated rings. The van der Waals surface area contributed by atoms with E-state index >= 15 is 0 Å². The van der Waals surface area contributed by atoms with Gasteiger partial charge in [-0.05, 0) is 88.0 Å². The fourth-order valence-electron chi connectivity index (χ4n) is 6.29. The summed E-state index contributed by atoms with van der Waals surface area (Å²) in [5, 5.41) is 7.96. The lowest BCUT2D eigenvalue weighted by molar-refractivity contribution is -0.137. The molecule has 44 heavy (non-hydrogen) atoms. The maximum absolute atomic E-state index is 13.1. The van der Waals surface area contributed by atoms with Crippen molar-refractivity contribution in [1.29, 1.82) is 0 Å². The van der Waals surface area contributed by atoms with E-state index in [2.05, 4.69) is 21.9 Å². The monoisotopic (exact) mass is 638 g/mol. The summed E-state index contributed by atoms with van der Waals surface area (Å²) in [6.45, 7) is 15.6. The Hall–Kier alpha value is -2.52. The van der Waals surface area contributed by atoms with E-state index in [4.69, 9.17) is 16.3 Å². The Morgan fingerprint density at radius 3 is 2.16 bits per heavy atom. The second kappa shape index (κ2) is 16.7. The number of fused-ring (bicyclic) bond motifs is 1. The summed E-state index contributed by atoms with van der Waals surface area (Å²) in [7, 11) is 0. The second-order valence-corrected chi connectivity index (χ2v) is 11.9. The molecule has 0 spiro atoms. The summed E-state index contributed by atoms with van der Waals surface area (Å²) >= 11 is 6.48. The molecule has 6 nitrogen and oxygen atoms in total. The van der Waals surface area contributed by atoms with Gasteiger partial charge in [0.1, 0.15) is 5.02 Å². The zero-order chi connectivity index (χ0) is 32.4. The first kappa shape index (κ1) is 36.0. The number of allylic oxidation sites excluding steroid dienone is 1. The van der Waals surface area contributed by atoms with Gasteiger partial charge in [0.05, 0.1) is 30.1 Å². The molecule has 2 aromatic rings. The summed E-state index contributed by atoms with van der Waals surface area (Å²) in [4.78, 5) is 15.4. The molecule has 1 aromatic carbocycles. The number of alkyl halides is 3. The molecule has 10 heteroatoms. The summed E-state index contributed by atoms with van der Waals surface area (Å²) < 4.78 is 46.2. The maximum atomic E-state index is 13.1. The van der Waals surface area contributed by atoms with Gasteiger partial charge in [0.2, 0.25) is 0 Å². The summed E-state index contributed by atoms with van der Waals surface area (Å²) in [5.41, 5.74) is 0.510. The van der Waals surface area contributed by atoms with Crippen LogP contribution < -0.4 is 15.8 Å². The van der Waals surface area contributed by atoms with Crippen molar-refractivity contribution in [3.8, 4) is 0 Å². The third-order valence-corrected chi connectivity index (χ3v) is 8.95. The van der Waals surface area contributed by atoms with Crippen LogP contribution >= 0.6 is 11.6 Å². The standard InChI is InChI=1S/C27H32ClF3N4O2.C3H6.2C2H6/c28-25-24(32-12-17-15-37-14-16-11-23(16)17)13-33-35(26(25)36)22-9-7-21(8-10-22)34(20-5-6-20)19-3-1-18(2-4-19)27(29,30)31;1-3-2;2*1-2/h1-4,13,16-17,20-23,32H,5-12,14-15H2;3H,1H2,2H3;2*1-2H3. The Bertz CT molecular complexity index is 1220. The number of hydrogen-bond donors (Lipinski definition) is 1. The van der Waals surface area contributed by atoms with Gasteiger partial charge in [-0.1, -0.05) is 45.4 Å². The molecule has 3 aliphatic carbocycles. The lowest BCUT2D eigenvalue weighted by Gasteiger charge is -2.39. The van der Waals surface area contributed by atoms with Gasteiger partial charge in [-0.2, -0.15) is 18.3 Å². The van der Waals surface area contributed by atoms with Gasteiger partial charge in [-0.15, -0.1) is 6.58 Å². The van der Waals surface area contributed by atoms with Crippen LogP contribution in [0.15, 0.2) is 47.9 Å². The lowest BCUT2D eigenvalue weighted by Crippen LogP contribution is -2.41. The first-order valence-corrected chi connectivity index (χ1v) is 16.7. The van der Waals surface area contributed by atoms with Crippen molar-refractivity contribution < 1.29 is 17.9 Å². The van der Waals surface area contributed by atoms with Crippen LogP contribution in [0.2, 0.25) is 5.02 Å². The summed E-state index contributed by atoms with van der Waals surface area (Å²) in [6, 6.07) is 6.09. The number of aromatic nitrogens is 2. The molecule has 1 aromatic heterocycles. The molecule has 0 amide bonds. The molecule has 4 aliphatic rings. The number of anilines is 2. The zero-order valence-electron chi connectivity index (χ0n) is 26.9. The van der Waals surface area contributed by atoms with Crippen molar-refractivity contribution in [2.24, 2.45) is 17.8 Å². The van der Waals surface area contributed by atoms with Crippen LogP contribution in [0, 0.1) is 17.8 Å².